The van der Waals surface area contributed by atoms with Crippen LogP contribution in [0.4, 0.5) is 11.4 Å². The van der Waals surface area contributed by atoms with Gasteiger partial charge in [0.25, 0.3) is 0 Å². The third kappa shape index (κ3) is 5.07. The van der Waals surface area contributed by atoms with E-state index in [2.05, 4.69) is 72.1 Å². The molecule has 8 heteroatoms. The zero-order valence-corrected chi connectivity index (χ0v) is 24.6. The molecule has 1 saturated heterocycles. The van der Waals surface area contributed by atoms with Gasteiger partial charge in [-0.15, -0.1) is 0 Å². The van der Waals surface area contributed by atoms with Crippen molar-refractivity contribution < 1.29 is 9.53 Å². The minimum atomic E-state index is -0.174. The average Bonchev–Trinajstić information content (AvgIpc) is 3.43. The van der Waals surface area contributed by atoms with E-state index < -0.39 is 0 Å². The number of thiocarbonyl (C=S) groups is 1. The first-order valence-corrected chi connectivity index (χ1v) is 13.9. The molecule has 2 N–H and O–H groups in total. The summed E-state index contributed by atoms with van der Waals surface area (Å²) in [5, 5.41) is 7.07. The Balaban J connectivity index is 1.66. The number of aryl methyl sites for hydroxylation is 3. The fraction of sp³-hybridized carbons (Fsp3) is 0.281. The van der Waals surface area contributed by atoms with E-state index in [1.54, 1.807) is 7.11 Å². The smallest absolute Gasteiger partial charge is 0.224 e. The molecule has 1 aliphatic rings. The monoisotopic (exact) mass is 553 g/mol. The first kappa shape index (κ1) is 27.4. The van der Waals surface area contributed by atoms with E-state index in [0.29, 0.717) is 23.0 Å². The summed E-state index contributed by atoms with van der Waals surface area (Å²) in [5.41, 5.74) is 9.44. The number of carbonyl (C=O) groups is 1. The van der Waals surface area contributed by atoms with Gasteiger partial charge in [0.05, 0.1) is 30.6 Å². The topological polar surface area (TPSA) is 71.4 Å². The number of hydrogen-bond acceptors (Lipinski definition) is 4. The maximum atomic E-state index is 12.1. The van der Waals surface area contributed by atoms with Crippen molar-refractivity contribution >= 4 is 34.6 Å². The molecule has 206 valence electrons. The van der Waals surface area contributed by atoms with Gasteiger partial charge >= 0.3 is 0 Å². The Morgan fingerprint density at radius 2 is 1.77 bits per heavy atom. The molecule has 1 amide bonds. The van der Waals surface area contributed by atoms with Crippen LogP contribution in [0.15, 0.2) is 66.9 Å². The maximum Gasteiger partial charge on any atom is 0.224 e. The van der Waals surface area contributed by atoms with Crippen molar-refractivity contribution in [1.82, 2.24) is 14.9 Å². The van der Waals surface area contributed by atoms with Gasteiger partial charge in [-0.3, -0.25) is 9.78 Å². The molecule has 2 aromatic heterocycles. The minimum absolute atomic E-state index is 0.0728. The molecular weight excluding hydrogens is 518 g/mol. The lowest BCUT2D eigenvalue weighted by Crippen LogP contribution is -2.29. The van der Waals surface area contributed by atoms with Crippen molar-refractivity contribution in [2.45, 2.75) is 53.1 Å². The standard InChI is InChI=1S/C32H35N5O2S/c1-7-29(38)34-26-12-11-23(18-28(26)39-6)37-31(30(35-32(37)40)27-10-8-9-13-33-27)25-17-21(4)36(22(25)5)24-15-19(2)14-20(3)16-24/h8-18,30-31H,7H2,1-6H3,(H,34,38)(H,35,40). The first-order valence-electron chi connectivity index (χ1n) is 13.5. The Labute approximate surface area is 241 Å². The Morgan fingerprint density at radius 1 is 1.02 bits per heavy atom. The van der Waals surface area contributed by atoms with Gasteiger partial charge in [-0.1, -0.05) is 19.1 Å². The maximum absolute atomic E-state index is 12.1. The van der Waals surface area contributed by atoms with Gasteiger partial charge in [0.15, 0.2) is 5.11 Å². The molecule has 7 nitrogen and oxygen atoms in total. The molecule has 2 aromatic carbocycles. The zero-order chi connectivity index (χ0) is 28.6. The molecule has 3 heterocycles. The van der Waals surface area contributed by atoms with Crippen LogP contribution in [0.3, 0.4) is 0 Å². The summed E-state index contributed by atoms with van der Waals surface area (Å²) >= 11 is 5.96. The molecule has 40 heavy (non-hydrogen) atoms. The van der Waals surface area contributed by atoms with E-state index in [9.17, 15) is 4.79 Å². The Hall–Kier alpha value is -4.17. The predicted octanol–water partition coefficient (Wildman–Crippen LogP) is 6.64. The summed E-state index contributed by atoms with van der Waals surface area (Å²) in [5.74, 6) is 0.499. The number of pyridine rings is 1. The SMILES string of the molecule is CCC(=O)Nc1ccc(N2C(=S)NC(c3ccccn3)C2c2cc(C)n(-c3cc(C)cc(C)c3)c2C)cc1OC. The number of nitrogens with one attached hydrogen (secondary N) is 2. The van der Waals surface area contributed by atoms with Crippen molar-refractivity contribution in [1.29, 1.82) is 0 Å². The summed E-state index contributed by atoms with van der Waals surface area (Å²) < 4.78 is 8.00. The molecule has 0 bridgehead atoms. The van der Waals surface area contributed by atoms with Gasteiger partial charge in [-0.05, 0) is 99.1 Å². The Bertz CT molecular complexity index is 1560. The lowest BCUT2D eigenvalue weighted by atomic mass is 9.96. The van der Waals surface area contributed by atoms with Crippen LogP contribution < -0.4 is 20.3 Å². The van der Waals surface area contributed by atoms with Crippen molar-refractivity contribution in [3.63, 3.8) is 0 Å². The zero-order valence-electron chi connectivity index (χ0n) is 23.8. The molecule has 5 rings (SSSR count). The number of methoxy groups -OCH3 is 1. The van der Waals surface area contributed by atoms with Crippen molar-refractivity contribution in [3.8, 4) is 11.4 Å². The number of hydrogen-bond donors (Lipinski definition) is 2. The molecule has 4 aromatic rings. The largest absolute Gasteiger partial charge is 0.494 e. The van der Waals surface area contributed by atoms with Crippen LogP contribution in [0, 0.1) is 27.7 Å². The number of aromatic nitrogens is 2. The number of ether oxygens (including phenoxy) is 1. The normalized spacial score (nSPS) is 16.6. The van der Waals surface area contributed by atoms with E-state index in [-0.39, 0.29) is 18.0 Å². The number of benzene rings is 2. The highest BCUT2D eigenvalue weighted by molar-refractivity contribution is 7.80. The summed E-state index contributed by atoms with van der Waals surface area (Å²) in [6.45, 7) is 10.4. The molecular formula is C32H35N5O2S. The second-order valence-electron chi connectivity index (χ2n) is 10.3. The van der Waals surface area contributed by atoms with Crippen molar-refractivity contribution in [3.05, 3.63) is 101 Å². The number of rotatable bonds is 7. The third-order valence-corrected chi connectivity index (χ3v) is 7.72. The number of nitrogens with zero attached hydrogens (tertiary/aromatic N) is 3. The fourth-order valence-corrected chi connectivity index (χ4v) is 6.03. The van der Waals surface area contributed by atoms with Crippen molar-refractivity contribution in [2.75, 3.05) is 17.3 Å². The summed E-state index contributed by atoms with van der Waals surface area (Å²) in [6.07, 6.45) is 2.20. The van der Waals surface area contributed by atoms with Crippen LogP contribution in [-0.4, -0.2) is 27.7 Å². The van der Waals surface area contributed by atoms with Gasteiger partial charge in [0.1, 0.15) is 5.75 Å². The molecule has 0 spiro atoms. The third-order valence-electron chi connectivity index (χ3n) is 7.41. The van der Waals surface area contributed by atoms with Crippen LogP contribution in [0.2, 0.25) is 0 Å². The molecule has 0 saturated carbocycles. The van der Waals surface area contributed by atoms with E-state index in [0.717, 1.165) is 34.0 Å². The number of anilines is 2. The summed E-state index contributed by atoms with van der Waals surface area (Å²) in [7, 11) is 1.60. The molecule has 2 atom stereocenters. The average molecular weight is 554 g/mol. The van der Waals surface area contributed by atoms with Gasteiger partial charge in [0.2, 0.25) is 5.91 Å². The van der Waals surface area contributed by atoms with Gasteiger partial charge in [0, 0.05) is 41.4 Å². The van der Waals surface area contributed by atoms with Gasteiger partial charge in [-0.25, -0.2) is 0 Å². The quantitative estimate of drug-likeness (QED) is 0.250. The first-order chi connectivity index (χ1) is 19.2. The highest BCUT2D eigenvalue weighted by atomic mass is 32.1. The van der Waals surface area contributed by atoms with E-state index in [4.69, 9.17) is 21.9 Å². The molecule has 1 aliphatic heterocycles. The molecule has 2 unspecified atom stereocenters. The minimum Gasteiger partial charge on any atom is -0.494 e. The molecule has 0 radical (unpaired) electrons. The van der Waals surface area contributed by atoms with E-state index in [1.807, 2.05) is 49.5 Å². The highest BCUT2D eigenvalue weighted by Gasteiger charge is 2.42. The van der Waals surface area contributed by atoms with E-state index >= 15 is 0 Å². The van der Waals surface area contributed by atoms with Crippen molar-refractivity contribution in [2.24, 2.45) is 0 Å². The fourth-order valence-electron chi connectivity index (χ4n) is 5.68. The summed E-state index contributed by atoms with van der Waals surface area (Å²) in [6, 6.07) is 20.3. The second kappa shape index (κ2) is 11.1. The van der Waals surface area contributed by atoms with Crippen LogP contribution in [0.5, 0.6) is 5.75 Å². The van der Waals surface area contributed by atoms with Crippen LogP contribution in [-0.2, 0) is 4.79 Å². The molecule has 0 aliphatic carbocycles. The Morgan fingerprint density at radius 3 is 2.42 bits per heavy atom. The lowest BCUT2D eigenvalue weighted by Gasteiger charge is -2.29. The summed E-state index contributed by atoms with van der Waals surface area (Å²) in [4.78, 5) is 18.9. The van der Waals surface area contributed by atoms with Crippen LogP contribution >= 0.6 is 12.2 Å². The highest BCUT2D eigenvalue weighted by Crippen LogP contribution is 2.45. The second-order valence-corrected chi connectivity index (χ2v) is 10.7. The Kier molecular flexibility index (Phi) is 7.63. The van der Waals surface area contributed by atoms with Crippen LogP contribution in [0.25, 0.3) is 5.69 Å². The lowest BCUT2D eigenvalue weighted by molar-refractivity contribution is -0.115. The molecule has 1 fully saturated rings. The van der Waals surface area contributed by atoms with Crippen LogP contribution in [0.1, 0.15) is 59.2 Å². The number of amides is 1. The van der Waals surface area contributed by atoms with Gasteiger partial charge in [-0.2, -0.15) is 0 Å². The van der Waals surface area contributed by atoms with Gasteiger partial charge < -0.3 is 24.8 Å². The number of carbonyl (C=O) groups excluding carboxylic acids is 1. The van der Waals surface area contributed by atoms with E-state index in [1.165, 1.54) is 11.1 Å². The predicted molar refractivity (Wildman–Crippen MR) is 165 cm³/mol.